The quantitative estimate of drug-likeness (QED) is 0.886. The first-order valence-corrected chi connectivity index (χ1v) is 6.66. The molecule has 0 saturated carbocycles. The molecule has 1 heterocycles. The number of nitrogens with zero attached hydrogens (tertiary/aromatic N) is 2. The zero-order valence-electron chi connectivity index (χ0n) is 9.55. The zero-order valence-corrected chi connectivity index (χ0v) is 11.9. The zero-order chi connectivity index (χ0) is 13.0. The van der Waals surface area contributed by atoms with Crippen LogP contribution in [0, 0.1) is 0 Å². The van der Waals surface area contributed by atoms with Crippen molar-refractivity contribution in [2.45, 2.75) is 12.6 Å². The van der Waals surface area contributed by atoms with Crippen LogP contribution in [0.4, 0.5) is 5.69 Å². The van der Waals surface area contributed by atoms with E-state index in [0.29, 0.717) is 18.1 Å². The minimum Gasteiger partial charge on any atom is -0.389 e. The molecular weight excluding hydrogens is 318 g/mol. The molecule has 1 aromatic carbocycles. The van der Waals surface area contributed by atoms with E-state index in [0.717, 1.165) is 10.2 Å². The molecule has 18 heavy (non-hydrogen) atoms. The Hall–Kier alpha value is -1.04. The summed E-state index contributed by atoms with van der Waals surface area (Å²) in [6, 6.07) is 7.37. The van der Waals surface area contributed by atoms with Gasteiger partial charge in [0.05, 0.1) is 23.4 Å². The summed E-state index contributed by atoms with van der Waals surface area (Å²) in [5, 5.41) is 17.6. The molecule has 2 rings (SSSR count). The van der Waals surface area contributed by atoms with E-state index in [2.05, 4.69) is 26.3 Å². The number of halogens is 2. The van der Waals surface area contributed by atoms with Crippen LogP contribution < -0.4 is 5.32 Å². The van der Waals surface area contributed by atoms with Crippen LogP contribution >= 0.6 is 27.5 Å². The van der Waals surface area contributed by atoms with Crippen molar-refractivity contribution in [3.8, 4) is 0 Å². The Bertz CT molecular complexity index is 504. The third-order valence-corrected chi connectivity index (χ3v) is 3.24. The molecule has 0 saturated heterocycles. The predicted molar refractivity (Wildman–Crippen MR) is 75.9 cm³/mol. The van der Waals surface area contributed by atoms with Crippen LogP contribution in [0.1, 0.15) is 0 Å². The number of anilines is 1. The SMILES string of the molecule is OC(CNc1cc(Br)ccc1Cl)Cn1cccn1. The molecule has 1 aromatic heterocycles. The van der Waals surface area contributed by atoms with Crippen molar-refractivity contribution in [1.29, 1.82) is 0 Å². The summed E-state index contributed by atoms with van der Waals surface area (Å²) < 4.78 is 2.63. The molecule has 4 nitrogen and oxygen atoms in total. The van der Waals surface area contributed by atoms with Crippen molar-refractivity contribution >= 4 is 33.2 Å². The highest BCUT2D eigenvalue weighted by Gasteiger charge is 2.07. The van der Waals surface area contributed by atoms with E-state index in [4.69, 9.17) is 11.6 Å². The lowest BCUT2D eigenvalue weighted by Gasteiger charge is -2.14. The number of aliphatic hydroxyl groups excluding tert-OH is 1. The summed E-state index contributed by atoms with van der Waals surface area (Å²) in [5.74, 6) is 0. The molecule has 0 amide bonds. The number of hydrogen-bond acceptors (Lipinski definition) is 3. The smallest absolute Gasteiger partial charge is 0.0907 e. The molecular formula is C12H13BrClN3O. The van der Waals surface area contributed by atoms with Gasteiger partial charge in [-0.05, 0) is 24.3 Å². The van der Waals surface area contributed by atoms with Crippen molar-refractivity contribution in [3.63, 3.8) is 0 Å². The number of aliphatic hydroxyl groups is 1. The Morgan fingerprint density at radius 3 is 3.06 bits per heavy atom. The Balaban J connectivity index is 1.89. The summed E-state index contributed by atoms with van der Waals surface area (Å²) in [7, 11) is 0. The third-order valence-electron chi connectivity index (χ3n) is 2.41. The number of hydrogen-bond donors (Lipinski definition) is 2. The van der Waals surface area contributed by atoms with Crippen molar-refractivity contribution < 1.29 is 5.11 Å². The minimum atomic E-state index is -0.528. The Morgan fingerprint density at radius 2 is 2.33 bits per heavy atom. The summed E-state index contributed by atoms with van der Waals surface area (Å²) in [6.07, 6.45) is 2.97. The summed E-state index contributed by atoms with van der Waals surface area (Å²) in [5.41, 5.74) is 0.797. The maximum absolute atomic E-state index is 9.86. The number of aromatic nitrogens is 2. The topological polar surface area (TPSA) is 50.1 Å². The normalized spacial score (nSPS) is 12.4. The van der Waals surface area contributed by atoms with Gasteiger partial charge in [0.25, 0.3) is 0 Å². The predicted octanol–water partition coefficient (Wildman–Crippen LogP) is 2.77. The van der Waals surface area contributed by atoms with E-state index in [-0.39, 0.29) is 0 Å². The summed E-state index contributed by atoms with van der Waals surface area (Å²) in [4.78, 5) is 0. The number of rotatable bonds is 5. The highest BCUT2D eigenvalue weighted by molar-refractivity contribution is 9.10. The van der Waals surface area contributed by atoms with Crippen LogP contribution in [0.15, 0.2) is 41.1 Å². The fraction of sp³-hybridized carbons (Fsp3) is 0.250. The Morgan fingerprint density at radius 1 is 1.50 bits per heavy atom. The molecule has 0 bridgehead atoms. The molecule has 2 N–H and O–H groups in total. The third kappa shape index (κ3) is 3.73. The van der Waals surface area contributed by atoms with Gasteiger partial charge < -0.3 is 10.4 Å². The highest BCUT2D eigenvalue weighted by Crippen LogP contribution is 2.25. The summed E-state index contributed by atoms with van der Waals surface area (Å²) in [6.45, 7) is 0.863. The van der Waals surface area contributed by atoms with Gasteiger partial charge in [-0.3, -0.25) is 4.68 Å². The largest absolute Gasteiger partial charge is 0.389 e. The van der Waals surface area contributed by atoms with E-state index in [9.17, 15) is 5.11 Å². The lowest BCUT2D eigenvalue weighted by molar-refractivity contribution is 0.161. The molecule has 2 aromatic rings. The van der Waals surface area contributed by atoms with Gasteiger partial charge in [-0.1, -0.05) is 27.5 Å². The first-order valence-electron chi connectivity index (χ1n) is 5.49. The molecule has 0 spiro atoms. The number of nitrogens with one attached hydrogen (secondary N) is 1. The van der Waals surface area contributed by atoms with Crippen LogP contribution in [0.5, 0.6) is 0 Å². The lowest BCUT2D eigenvalue weighted by Crippen LogP contribution is -2.25. The van der Waals surface area contributed by atoms with Gasteiger partial charge in [0.15, 0.2) is 0 Å². The van der Waals surface area contributed by atoms with Gasteiger partial charge >= 0.3 is 0 Å². The molecule has 0 aliphatic heterocycles. The van der Waals surface area contributed by atoms with Crippen molar-refractivity contribution in [2.75, 3.05) is 11.9 Å². The molecule has 0 aliphatic rings. The van der Waals surface area contributed by atoms with Crippen molar-refractivity contribution in [2.24, 2.45) is 0 Å². The Labute approximate surface area is 119 Å². The van der Waals surface area contributed by atoms with Gasteiger partial charge in [0, 0.05) is 23.4 Å². The first-order chi connectivity index (χ1) is 8.65. The van der Waals surface area contributed by atoms with Crippen LogP contribution in [0.3, 0.4) is 0 Å². The van der Waals surface area contributed by atoms with Crippen molar-refractivity contribution in [3.05, 3.63) is 46.2 Å². The van der Waals surface area contributed by atoms with E-state index in [1.54, 1.807) is 16.9 Å². The van der Waals surface area contributed by atoms with Gasteiger partial charge in [-0.2, -0.15) is 5.10 Å². The lowest BCUT2D eigenvalue weighted by atomic mass is 10.3. The van der Waals surface area contributed by atoms with E-state index >= 15 is 0 Å². The number of benzene rings is 1. The second kappa shape index (κ2) is 6.22. The van der Waals surface area contributed by atoms with Gasteiger partial charge in [-0.15, -0.1) is 0 Å². The molecule has 0 radical (unpaired) electrons. The summed E-state index contributed by atoms with van der Waals surface area (Å²) >= 11 is 9.42. The average Bonchev–Trinajstić information content (AvgIpc) is 2.83. The molecule has 0 aliphatic carbocycles. The monoisotopic (exact) mass is 329 g/mol. The minimum absolute atomic E-state index is 0.413. The standard InChI is InChI=1S/C12H13BrClN3O/c13-9-2-3-11(14)12(6-9)15-7-10(18)8-17-5-1-4-16-17/h1-6,10,15,18H,7-8H2. The van der Waals surface area contributed by atoms with E-state index in [1.165, 1.54) is 0 Å². The van der Waals surface area contributed by atoms with Gasteiger partial charge in [-0.25, -0.2) is 0 Å². The van der Waals surface area contributed by atoms with Gasteiger partial charge in [0.2, 0.25) is 0 Å². The maximum atomic E-state index is 9.86. The first kappa shape index (κ1) is 13.4. The van der Waals surface area contributed by atoms with Crippen LogP contribution in [-0.2, 0) is 6.54 Å². The molecule has 6 heteroatoms. The Kier molecular flexibility index (Phi) is 4.63. The fourth-order valence-electron chi connectivity index (χ4n) is 1.55. The van der Waals surface area contributed by atoms with Crippen LogP contribution in [0.2, 0.25) is 5.02 Å². The molecule has 96 valence electrons. The van der Waals surface area contributed by atoms with Crippen molar-refractivity contribution in [1.82, 2.24) is 9.78 Å². The second-order valence-electron chi connectivity index (χ2n) is 3.89. The average molecular weight is 331 g/mol. The maximum Gasteiger partial charge on any atom is 0.0907 e. The fourth-order valence-corrected chi connectivity index (χ4v) is 2.10. The van der Waals surface area contributed by atoms with Crippen LogP contribution in [0.25, 0.3) is 0 Å². The van der Waals surface area contributed by atoms with Crippen LogP contribution in [-0.4, -0.2) is 27.5 Å². The van der Waals surface area contributed by atoms with E-state index < -0.39 is 6.10 Å². The second-order valence-corrected chi connectivity index (χ2v) is 5.21. The van der Waals surface area contributed by atoms with E-state index in [1.807, 2.05) is 24.4 Å². The molecule has 1 unspecified atom stereocenters. The molecule has 1 atom stereocenters. The van der Waals surface area contributed by atoms with Gasteiger partial charge in [0.1, 0.15) is 0 Å². The molecule has 0 fully saturated rings. The highest BCUT2D eigenvalue weighted by atomic mass is 79.9.